The van der Waals surface area contributed by atoms with Crippen LogP contribution in [0.3, 0.4) is 0 Å². The van der Waals surface area contributed by atoms with Crippen molar-refractivity contribution in [2.75, 3.05) is 5.32 Å². The maximum Gasteiger partial charge on any atom is 0.262 e. The highest BCUT2D eigenvalue weighted by molar-refractivity contribution is 7.18. The molecule has 8 heteroatoms. The summed E-state index contributed by atoms with van der Waals surface area (Å²) in [6.07, 6.45) is 1.80. The number of aromatic nitrogens is 2. The van der Waals surface area contributed by atoms with Crippen LogP contribution < -0.4 is 16.6 Å². The fourth-order valence-electron chi connectivity index (χ4n) is 2.78. The van der Waals surface area contributed by atoms with Crippen LogP contribution in [0.2, 0.25) is 0 Å². The number of anilines is 1. The third-order valence-electron chi connectivity index (χ3n) is 4.35. The van der Waals surface area contributed by atoms with Gasteiger partial charge in [-0.2, -0.15) is 0 Å². The minimum Gasteiger partial charge on any atom is -0.369 e. The molecule has 7 nitrogen and oxygen atoms in total. The van der Waals surface area contributed by atoms with E-state index in [2.05, 4.69) is 10.3 Å². The second-order valence-corrected chi connectivity index (χ2v) is 7.55. The third kappa shape index (κ3) is 4.22. The number of primary amides is 1. The maximum atomic E-state index is 12.6. The van der Waals surface area contributed by atoms with Gasteiger partial charge in [0.25, 0.3) is 5.56 Å². The first kappa shape index (κ1) is 18.8. The van der Waals surface area contributed by atoms with Gasteiger partial charge in [0.05, 0.1) is 18.1 Å². The molecule has 0 fully saturated rings. The summed E-state index contributed by atoms with van der Waals surface area (Å²) in [4.78, 5) is 41.8. The maximum absolute atomic E-state index is 12.6. The first-order valence-electron chi connectivity index (χ1n) is 8.47. The predicted octanol–water partition coefficient (Wildman–Crippen LogP) is 2.13. The topological polar surface area (TPSA) is 107 Å². The molecule has 0 spiro atoms. The molecular weight excluding hydrogens is 364 g/mol. The number of hydrogen-bond donors (Lipinski definition) is 2. The van der Waals surface area contributed by atoms with Crippen LogP contribution >= 0.6 is 11.3 Å². The monoisotopic (exact) mass is 384 g/mol. The minimum atomic E-state index is -0.404. The van der Waals surface area contributed by atoms with E-state index in [1.54, 1.807) is 24.3 Å². The van der Waals surface area contributed by atoms with Gasteiger partial charge >= 0.3 is 0 Å². The molecule has 27 heavy (non-hydrogen) atoms. The number of amides is 2. The second-order valence-electron chi connectivity index (χ2n) is 6.34. The van der Waals surface area contributed by atoms with Crippen LogP contribution in [-0.4, -0.2) is 21.4 Å². The van der Waals surface area contributed by atoms with Crippen molar-refractivity contribution < 1.29 is 9.59 Å². The van der Waals surface area contributed by atoms with Gasteiger partial charge in [-0.1, -0.05) is 12.1 Å². The molecule has 3 aromatic rings. The summed E-state index contributed by atoms with van der Waals surface area (Å²) in [7, 11) is 0. The molecule has 0 aliphatic rings. The molecule has 0 unspecified atom stereocenters. The molecule has 2 aromatic heterocycles. The summed E-state index contributed by atoms with van der Waals surface area (Å²) >= 11 is 1.50. The van der Waals surface area contributed by atoms with E-state index < -0.39 is 5.91 Å². The fourth-order valence-corrected chi connectivity index (χ4v) is 3.77. The van der Waals surface area contributed by atoms with E-state index in [1.165, 1.54) is 22.2 Å². The van der Waals surface area contributed by atoms with Gasteiger partial charge in [-0.3, -0.25) is 19.0 Å². The zero-order valence-corrected chi connectivity index (χ0v) is 15.9. The lowest BCUT2D eigenvalue weighted by molar-refractivity contribution is -0.117. The van der Waals surface area contributed by atoms with Gasteiger partial charge in [-0.05, 0) is 37.1 Å². The smallest absolute Gasteiger partial charge is 0.262 e. The summed E-state index contributed by atoms with van der Waals surface area (Å²) in [5, 5.41) is 3.41. The number of rotatable bonds is 6. The molecule has 0 bridgehead atoms. The zero-order chi connectivity index (χ0) is 19.6. The number of benzene rings is 1. The highest BCUT2D eigenvalue weighted by atomic mass is 32.1. The molecule has 140 valence electrons. The van der Waals surface area contributed by atoms with Gasteiger partial charge in [0.2, 0.25) is 11.8 Å². The normalized spacial score (nSPS) is 10.9. The number of nitrogens with zero attached hydrogens (tertiary/aromatic N) is 2. The average Bonchev–Trinajstić information content (AvgIpc) is 2.90. The Morgan fingerprint density at radius 2 is 1.93 bits per heavy atom. The summed E-state index contributed by atoms with van der Waals surface area (Å²) in [6.45, 7) is 4.13. The molecule has 1 aromatic carbocycles. The number of aryl methyl sites for hydroxylation is 3. The van der Waals surface area contributed by atoms with Gasteiger partial charge in [0.15, 0.2) is 0 Å². The first-order valence-corrected chi connectivity index (χ1v) is 9.29. The Kier molecular flexibility index (Phi) is 5.36. The molecule has 0 radical (unpaired) electrons. The fraction of sp³-hybridized carbons (Fsp3) is 0.263. The van der Waals surface area contributed by atoms with E-state index in [0.29, 0.717) is 11.1 Å². The van der Waals surface area contributed by atoms with Gasteiger partial charge < -0.3 is 11.1 Å². The van der Waals surface area contributed by atoms with Crippen molar-refractivity contribution in [1.82, 2.24) is 9.55 Å². The quantitative estimate of drug-likeness (QED) is 0.679. The van der Waals surface area contributed by atoms with Crippen LogP contribution in [0.4, 0.5) is 5.69 Å². The lowest BCUT2D eigenvalue weighted by Crippen LogP contribution is -2.23. The first-order chi connectivity index (χ1) is 12.8. The van der Waals surface area contributed by atoms with Crippen molar-refractivity contribution in [3.8, 4) is 0 Å². The van der Waals surface area contributed by atoms with Crippen LogP contribution in [-0.2, 0) is 22.6 Å². The average molecular weight is 384 g/mol. The molecular formula is C19H20N4O3S. The Labute approximate surface area is 159 Å². The van der Waals surface area contributed by atoms with Crippen LogP contribution in [0.5, 0.6) is 0 Å². The molecule has 0 aliphatic heterocycles. The summed E-state index contributed by atoms with van der Waals surface area (Å²) in [6, 6.07) is 6.91. The van der Waals surface area contributed by atoms with Gasteiger partial charge in [-0.25, -0.2) is 4.98 Å². The Balaban J connectivity index is 1.65. The Bertz CT molecular complexity index is 1070. The third-order valence-corrected chi connectivity index (χ3v) is 5.47. The largest absolute Gasteiger partial charge is 0.369 e. The van der Waals surface area contributed by atoms with Crippen molar-refractivity contribution in [1.29, 1.82) is 0 Å². The van der Waals surface area contributed by atoms with E-state index in [9.17, 15) is 14.4 Å². The van der Waals surface area contributed by atoms with Crippen molar-refractivity contribution >= 4 is 39.1 Å². The summed E-state index contributed by atoms with van der Waals surface area (Å²) in [5.41, 5.74) is 7.39. The highest BCUT2D eigenvalue weighted by Crippen LogP contribution is 2.25. The van der Waals surface area contributed by atoms with E-state index in [4.69, 9.17) is 5.73 Å². The van der Waals surface area contributed by atoms with E-state index in [-0.39, 0.29) is 30.9 Å². The molecule has 0 saturated heterocycles. The van der Waals surface area contributed by atoms with Gasteiger partial charge in [0.1, 0.15) is 4.83 Å². The van der Waals surface area contributed by atoms with Crippen LogP contribution in [0.1, 0.15) is 22.4 Å². The lowest BCUT2D eigenvalue weighted by Gasteiger charge is -2.08. The van der Waals surface area contributed by atoms with Crippen molar-refractivity contribution in [2.45, 2.75) is 33.2 Å². The zero-order valence-electron chi connectivity index (χ0n) is 15.1. The van der Waals surface area contributed by atoms with Crippen LogP contribution in [0.25, 0.3) is 10.2 Å². The van der Waals surface area contributed by atoms with Gasteiger partial charge in [-0.15, -0.1) is 11.3 Å². The van der Waals surface area contributed by atoms with Crippen molar-refractivity contribution in [3.05, 3.63) is 57.0 Å². The molecule has 2 heterocycles. The predicted molar refractivity (Wildman–Crippen MR) is 106 cm³/mol. The summed E-state index contributed by atoms with van der Waals surface area (Å²) in [5.74, 6) is -0.610. The van der Waals surface area contributed by atoms with Crippen molar-refractivity contribution in [2.24, 2.45) is 5.73 Å². The Hall–Kier alpha value is -3.00. The minimum absolute atomic E-state index is 0.120. The summed E-state index contributed by atoms with van der Waals surface area (Å²) < 4.78 is 1.47. The molecule has 3 N–H and O–H groups in total. The molecule has 0 aliphatic carbocycles. The molecule has 0 atom stereocenters. The Morgan fingerprint density at radius 1 is 1.22 bits per heavy atom. The van der Waals surface area contributed by atoms with Gasteiger partial charge in [0, 0.05) is 23.5 Å². The number of fused-ring (bicyclic) bond motifs is 1. The van der Waals surface area contributed by atoms with E-state index in [0.717, 1.165) is 20.8 Å². The lowest BCUT2D eigenvalue weighted by atomic mass is 10.1. The number of nitrogens with one attached hydrogen (secondary N) is 1. The SMILES string of the molecule is Cc1sc2ncn(CCC(=O)Nc3ccc(CC(N)=O)cc3)c(=O)c2c1C. The number of nitrogens with two attached hydrogens (primary N) is 1. The Morgan fingerprint density at radius 3 is 2.59 bits per heavy atom. The second kappa shape index (κ2) is 7.71. The number of carbonyl (C=O) groups is 2. The van der Waals surface area contributed by atoms with Crippen LogP contribution in [0.15, 0.2) is 35.4 Å². The van der Waals surface area contributed by atoms with E-state index >= 15 is 0 Å². The molecule has 3 rings (SSSR count). The highest BCUT2D eigenvalue weighted by Gasteiger charge is 2.13. The van der Waals surface area contributed by atoms with E-state index in [1.807, 2.05) is 13.8 Å². The van der Waals surface area contributed by atoms with Crippen LogP contribution in [0, 0.1) is 13.8 Å². The van der Waals surface area contributed by atoms with Crippen molar-refractivity contribution in [3.63, 3.8) is 0 Å². The number of carbonyl (C=O) groups excluding carboxylic acids is 2. The number of thiophene rings is 1. The standard InChI is InChI=1S/C19H20N4O3S/c1-11-12(2)27-18-17(11)19(26)23(10-21-18)8-7-16(25)22-14-5-3-13(4-6-14)9-15(20)24/h3-6,10H,7-9H2,1-2H3,(H2,20,24)(H,22,25). The molecule has 0 saturated carbocycles. The number of hydrogen-bond acceptors (Lipinski definition) is 5. The molecule has 2 amide bonds.